The summed E-state index contributed by atoms with van der Waals surface area (Å²) in [5.74, 6) is -0.195. The van der Waals surface area contributed by atoms with Gasteiger partial charge in [0.2, 0.25) is 5.56 Å². The number of hydrogen-bond donors (Lipinski definition) is 1. The number of aromatic nitrogens is 3. The lowest BCUT2D eigenvalue weighted by molar-refractivity contribution is 0.0935. The Morgan fingerprint density at radius 3 is 2.67 bits per heavy atom. The topological polar surface area (TPSA) is 68.9 Å². The van der Waals surface area contributed by atoms with E-state index < -0.39 is 0 Å². The lowest BCUT2D eigenvalue weighted by Crippen LogP contribution is -2.36. The van der Waals surface area contributed by atoms with Crippen LogP contribution in [0.5, 0.6) is 0 Å². The van der Waals surface area contributed by atoms with Crippen molar-refractivity contribution < 1.29 is 4.79 Å². The molecule has 2 rings (SSSR count). The molecule has 6 heteroatoms. The molecule has 2 heterocycles. The van der Waals surface area contributed by atoms with E-state index in [1.807, 2.05) is 31.5 Å². The summed E-state index contributed by atoms with van der Waals surface area (Å²) in [6.45, 7) is 6.46. The molecule has 1 atom stereocenters. The van der Waals surface area contributed by atoms with Crippen LogP contribution in [0.3, 0.4) is 0 Å². The number of nitrogens with one attached hydrogen (secondary N) is 1. The number of hydrogen-bond acceptors (Lipinski definition) is 3. The SMILES string of the molecule is Cc1cc(C)n(CC(C)NC(=O)c2ccc(=O)n(C)c2)n1. The van der Waals surface area contributed by atoms with Crippen molar-refractivity contribution in [3.8, 4) is 0 Å². The Morgan fingerprint density at radius 1 is 1.38 bits per heavy atom. The van der Waals surface area contributed by atoms with E-state index in [1.54, 1.807) is 7.05 Å². The van der Waals surface area contributed by atoms with E-state index in [9.17, 15) is 9.59 Å². The summed E-state index contributed by atoms with van der Waals surface area (Å²) in [6.07, 6.45) is 1.54. The average molecular weight is 288 g/mol. The molecule has 6 nitrogen and oxygen atoms in total. The van der Waals surface area contributed by atoms with E-state index in [4.69, 9.17) is 0 Å². The van der Waals surface area contributed by atoms with Gasteiger partial charge in [-0.1, -0.05) is 0 Å². The van der Waals surface area contributed by atoms with Crippen LogP contribution in [0.25, 0.3) is 0 Å². The molecule has 0 saturated heterocycles. The molecule has 0 bridgehead atoms. The number of rotatable bonds is 4. The second-order valence-corrected chi connectivity index (χ2v) is 5.35. The number of carbonyl (C=O) groups excluding carboxylic acids is 1. The van der Waals surface area contributed by atoms with Gasteiger partial charge in [0.1, 0.15) is 0 Å². The Morgan fingerprint density at radius 2 is 2.10 bits per heavy atom. The largest absolute Gasteiger partial charge is 0.348 e. The number of amides is 1. The van der Waals surface area contributed by atoms with Crippen LogP contribution in [0.4, 0.5) is 0 Å². The third kappa shape index (κ3) is 3.59. The summed E-state index contributed by atoms with van der Waals surface area (Å²) in [4.78, 5) is 23.5. The molecule has 0 aliphatic carbocycles. The summed E-state index contributed by atoms with van der Waals surface area (Å²) in [5.41, 5.74) is 2.36. The minimum atomic E-state index is -0.195. The van der Waals surface area contributed by atoms with Crippen molar-refractivity contribution in [1.29, 1.82) is 0 Å². The van der Waals surface area contributed by atoms with Crippen LogP contribution < -0.4 is 10.9 Å². The van der Waals surface area contributed by atoms with Crippen molar-refractivity contribution in [2.75, 3.05) is 0 Å². The first-order valence-electron chi connectivity index (χ1n) is 6.85. The van der Waals surface area contributed by atoms with Gasteiger partial charge in [0.15, 0.2) is 0 Å². The van der Waals surface area contributed by atoms with Gasteiger partial charge in [-0.15, -0.1) is 0 Å². The van der Waals surface area contributed by atoms with E-state index >= 15 is 0 Å². The normalized spacial score (nSPS) is 12.2. The highest BCUT2D eigenvalue weighted by atomic mass is 16.2. The molecule has 2 aromatic rings. The van der Waals surface area contributed by atoms with Crippen LogP contribution in [0.15, 0.2) is 29.2 Å². The van der Waals surface area contributed by atoms with E-state index in [0.717, 1.165) is 11.4 Å². The first kappa shape index (κ1) is 15.0. The van der Waals surface area contributed by atoms with Gasteiger partial charge in [-0.3, -0.25) is 14.3 Å². The summed E-state index contributed by atoms with van der Waals surface area (Å²) >= 11 is 0. The first-order chi connectivity index (χ1) is 9.86. The Balaban J connectivity index is 2.03. The van der Waals surface area contributed by atoms with Gasteiger partial charge in [-0.05, 0) is 32.9 Å². The highest BCUT2D eigenvalue weighted by molar-refractivity contribution is 5.94. The predicted molar refractivity (Wildman–Crippen MR) is 80.3 cm³/mol. The van der Waals surface area contributed by atoms with Crippen LogP contribution in [-0.2, 0) is 13.6 Å². The second kappa shape index (κ2) is 5.95. The fraction of sp³-hybridized carbons (Fsp3) is 0.400. The Kier molecular flexibility index (Phi) is 4.26. The van der Waals surface area contributed by atoms with Gasteiger partial charge in [0, 0.05) is 31.0 Å². The first-order valence-corrected chi connectivity index (χ1v) is 6.85. The molecule has 0 radical (unpaired) electrons. The van der Waals surface area contributed by atoms with Crippen LogP contribution in [0.2, 0.25) is 0 Å². The molecule has 2 aromatic heterocycles. The van der Waals surface area contributed by atoms with Crippen molar-refractivity contribution in [2.24, 2.45) is 7.05 Å². The van der Waals surface area contributed by atoms with Crippen molar-refractivity contribution in [1.82, 2.24) is 19.7 Å². The third-order valence-corrected chi connectivity index (χ3v) is 3.28. The summed E-state index contributed by atoms with van der Waals surface area (Å²) in [5, 5.41) is 7.29. The Hall–Kier alpha value is -2.37. The molecular formula is C15H20N4O2. The summed E-state index contributed by atoms with van der Waals surface area (Å²) < 4.78 is 3.27. The third-order valence-electron chi connectivity index (χ3n) is 3.28. The lowest BCUT2D eigenvalue weighted by atomic mass is 10.2. The molecule has 0 saturated carbocycles. The summed E-state index contributed by atoms with van der Waals surface area (Å²) in [6, 6.07) is 4.86. The minimum Gasteiger partial charge on any atom is -0.348 e. The molecule has 0 aliphatic heterocycles. The van der Waals surface area contributed by atoms with Crippen LogP contribution in [-0.4, -0.2) is 26.3 Å². The standard InChI is InChI=1S/C15H20N4O2/c1-10-7-12(3)19(17-10)8-11(2)16-15(21)13-5-6-14(20)18(4)9-13/h5-7,9,11H,8H2,1-4H3,(H,16,21). The molecule has 21 heavy (non-hydrogen) atoms. The van der Waals surface area contributed by atoms with Gasteiger partial charge in [-0.25, -0.2) is 0 Å². The summed E-state index contributed by atoms with van der Waals surface area (Å²) in [7, 11) is 1.62. The maximum absolute atomic E-state index is 12.1. The number of nitrogens with zero attached hydrogens (tertiary/aromatic N) is 3. The number of aryl methyl sites for hydroxylation is 3. The predicted octanol–water partition coefficient (Wildman–Crippen LogP) is 1.02. The van der Waals surface area contributed by atoms with Gasteiger partial charge >= 0.3 is 0 Å². The molecule has 1 N–H and O–H groups in total. The fourth-order valence-corrected chi connectivity index (χ4v) is 2.20. The van der Waals surface area contributed by atoms with Crippen LogP contribution in [0.1, 0.15) is 28.7 Å². The average Bonchev–Trinajstić information content (AvgIpc) is 2.70. The zero-order chi connectivity index (χ0) is 15.6. The van der Waals surface area contributed by atoms with Crippen molar-refractivity contribution in [2.45, 2.75) is 33.4 Å². The Labute approximate surface area is 123 Å². The fourth-order valence-electron chi connectivity index (χ4n) is 2.20. The molecule has 112 valence electrons. The molecular weight excluding hydrogens is 268 g/mol. The van der Waals surface area contributed by atoms with E-state index in [1.165, 1.54) is 22.9 Å². The van der Waals surface area contributed by atoms with Crippen LogP contribution >= 0.6 is 0 Å². The smallest absolute Gasteiger partial charge is 0.253 e. The van der Waals surface area contributed by atoms with Crippen LogP contribution in [0, 0.1) is 13.8 Å². The van der Waals surface area contributed by atoms with E-state index in [2.05, 4.69) is 10.4 Å². The highest BCUT2D eigenvalue weighted by Crippen LogP contribution is 2.03. The van der Waals surface area contributed by atoms with E-state index in [0.29, 0.717) is 12.1 Å². The van der Waals surface area contributed by atoms with Crippen molar-refractivity contribution >= 4 is 5.91 Å². The monoisotopic (exact) mass is 288 g/mol. The highest BCUT2D eigenvalue weighted by Gasteiger charge is 2.12. The quantitative estimate of drug-likeness (QED) is 0.913. The maximum Gasteiger partial charge on any atom is 0.253 e. The minimum absolute atomic E-state index is 0.0623. The van der Waals surface area contributed by atoms with Gasteiger partial charge < -0.3 is 9.88 Å². The Bertz CT molecular complexity index is 715. The maximum atomic E-state index is 12.1. The molecule has 0 spiro atoms. The molecule has 1 unspecified atom stereocenters. The zero-order valence-electron chi connectivity index (χ0n) is 12.8. The van der Waals surface area contributed by atoms with Gasteiger partial charge in [-0.2, -0.15) is 5.10 Å². The van der Waals surface area contributed by atoms with E-state index in [-0.39, 0.29) is 17.5 Å². The number of pyridine rings is 1. The zero-order valence-corrected chi connectivity index (χ0v) is 12.8. The number of carbonyl (C=O) groups is 1. The van der Waals surface area contributed by atoms with Crippen molar-refractivity contribution in [3.05, 3.63) is 51.7 Å². The second-order valence-electron chi connectivity index (χ2n) is 5.35. The molecule has 0 aliphatic rings. The lowest BCUT2D eigenvalue weighted by Gasteiger charge is -2.15. The van der Waals surface area contributed by atoms with Gasteiger partial charge in [0.25, 0.3) is 5.91 Å². The molecule has 0 fully saturated rings. The molecule has 1 amide bonds. The van der Waals surface area contributed by atoms with Gasteiger partial charge in [0.05, 0.1) is 17.8 Å². The van der Waals surface area contributed by atoms with Crippen molar-refractivity contribution in [3.63, 3.8) is 0 Å². The molecule has 0 aromatic carbocycles.